The van der Waals surface area contributed by atoms with E-state index in [0.29, 0.717) is 31.0 Å². The minimum atomic E-state index is -0.376. The highest BCUT2D eigenvalue weighted by Crippen LogP contribution is 2.34. The number of morpholine rings is 1. The van der Waals surface area contributed by atoms with E-state index in [0.717, 1.165) is 37.3 Å². The van der Waals surface area contributed by atoms with Gasteiger partial charge in [-0.15, -0.1) is 0 Å². The molecule has 0 radical (unpaired) electrons. The summed E-state index contributed by atoms with van der Waals surface area (Å²) in [6, 6.07) is 6.22. The fourth-order valence-electron chi connectivity index (χ4n) is 4.22. The van der Waals surface area contributed by atoms with Crippen molar-refractivity contribution in [3.8, 4) is 6.07 Å². The third kappa shape index (κ3) is 3.11. The summed E-state index contributed by atoms with van der Waals surface area (Å²) in [5, 5.41) is 14.9. The number of ether oxygens (including phenoxy) is 1. The monoisotopic (exact) mass is 391 g/mol. The summed E-state index contributed by atoms with van der Waals surface area (Å²) in [5.74, 6) is 0.834. The lowest BCUT2D eigenvalue weighted by atomic mass is 10.1. The second-order valence-electron chi connectivity index (χ2n) is 7.35. The summed E-state index contributed by atoms with van der Waals surface area (Å²) in [7, 11) is 0. The highest BCUT2D eigenvalue weighted by atomic mass is 16.5. The number of nitrogens with one attached hydrogen (secondary N) is 1. The highest BCUT2D eigenvalue weighted by molar-refractivity contribution is 5.95. The van der Waals surface area contributed by atoms with E-state index in [4.69, 9.17) is 4.74 Å². The first-order chi connectivity index (χ1) is 14.2. The SMILES string of the molecule is N#Cc1c(N2CC[C@@H](n3cccn3)C2)c2cc(N3CCOCC3)ncc2[nH]c1=O. The summed E-state index contributed by atoms with van der Waals surface area (Å²) in [4.78, 5) is 24.2. The van der Waals surface area contributed by atoms with E-state index in [9.17, 15) is 10.1 Å². The normalized spacial score (nSPS) is 19.6. The van der Waals surface area contributed by atoms with Crippen molar-refractivity contribution in [2.45, 2.75) is 12.5 Å². The Morgan fingerprint density at radius 3 is 2.86 bits per heavy atom. The summed E-state index contributed by atoms with van der Waals surface area (Å²) >= 11 is 0. The van der Waals surface area contributed by atoms with E-state index in [-0.39, 0.29) is 17.2 Å². The molecule has 3 aromatic heterocycles. The summed E-state index contributed by atoms with van der Waals surface area (Å²) in [6.07, 6.45) is 6.32. The molecular weight excluding hydrogens is 370 g/mol. The zero-order valence-corrected chi connectivity index (χ0v) is 15.9. The number of nitriles is 1. The first kappa shape index (κ1) is 17.7. The Hall–Kier alpha value is -3.38. The van der Waals surface area contributed by atoms with Crippen molar-refractivity contribution in [3.05, 3.63) is 46.6 Å². The van der Waals surface area contributed by atoms with Crippen LogP contribution in [-0.2, 0) is 4.74 Å². The fourth-order valence-corrected chi connectivity index (χ4v) is 4.22. The van der Waals surface area contributed by atoms with Crippen LogP contribution in [-0.4, -0.2) is 59.1 Å². The maximum Gasteiger partial charge on any atom is 0.268 e. The third-order valence-corrected chi connectivity index (χ3v) is 5.68. The van der Waals surface area contributed by atoms with E-state index >= 15 is 0 Å². The first-order valence-electron chi connectivity index (χ1n) is 9.77. The molecule has 1 atom stereocenters. The number of hydrogen-bond donors (Lipinski definition) is 1. The van der Waals surface area contributed by atoms with Gasteiger partial charge in [-0.25, -0.2) is 4.98 Å². The lowest BCUT2D eigenvalue weighted by molar-refractivity contribution is 0.122. The van der Waals surface area contributed by atoms with Crippen molar-refractivity contribution in [2.75, 3.05) is 49.2 Å². The van der Waals surface area contributed by atoms with Gasteiger partial charge in [-0.2, -0.15) is 10.4 Å². The average molecular weight is 391 g/mol. The molecule has 5 heterocycles. The van der Waals surface area contributed by atoms with E-state index in [1.807, 2.05) is 23.0 Å². The molecule has 0 aromatic carbocycles. The maximum atomic E-state index is 12.6. The summed E-state index contributed by atoms with van der Waals surface area (Å²) in [6.45, 7) is 4.33. The lowest BCUT2D eigenvalue weighted by Gasteiger charge is -2.28. The Labute approximate surface area is 167 Å². The van der Waals surface area contributed by atoms with Crippen molar-refractivity contribution in [1.82, 2.24) is 19.7 Å². The molecule has 9 nitrogen and oxygen atoms in total. The van der Waals surface area contributed by atoms with Gasteiger partial charge in [0.2, 0.25) is 0 Å². The molecule has 29 heavy (non-hydrogen) atoms. The number of aromatic nitrogens is 4. The number of fused-ring (bicyclic) bond motifs is 1. The number of nitrogens with zero attached hydrogens (tertiary/aromatic N) is 6. The number of anilines is 2. The van der Waals surface area contributed by atoms with Gasteiger partial charge in [0.05, 0.1) is 36.7 Å². The number of rotatable bonds is 3. The van der Waals surface area contributed by atoms with Gasteiger partial charge in [-0.1, -0.05) is 0 Å². The van der Waals surface area contributed by atoms with E-state index in [2.05, 4.69) is 30.9 Å². The second-order valence-corrected chi connectivity index (χ2v) is 7.35. The largest absolute Gasteiger partial charge is 0.378 e. The summed E-state index contributed by atoms with van der Waals surface area (Å²) < 4.78 is 7.38. The van der Waals surface area contributed by atoms with Gasteiger partial charge in [-0.3, -0.25) is 9.48 Å². The van der Waals surface area contributed by atoms with Crippen molar-refractivity contribution in [1.29, 1.82) is 5.26 Å². The lowest BCUT2D eigenvalue weighted by Crippen LogP contribution is -2.36. The zero-order chi connectivity index (χ0) is 19.8. The Kier molecular flexibility index (Phi) is 4.41. The van der Waals surface area contributed by atoms with Crippen molar-refractivity contribution in [2.24, 2.45) is 0 Å². The number of hydrogen-bond acceptors (Lipinski definition) is 7. The molecule has 0 spiro atoms. The van der Waals surface area contributed by atoms with Gasteiger partial charge in [0.15, 0.2) is 0 Å². The molecule has 9 heteroatoms. The summed E-state index contributed by atoms with van der Waals surface area (Å²) in [5.41, 5.74) is 1.11. The quantitative estimate of drug-likeness (QED) is 0.717. The Morgan fingerprint density at radius 1 is 1.24 bits per heavy atom. The van der Waals surface area contributed by atoms with E-state index in [1.54, 1.807) is 12.4 Å². The van der Waals surface area contributed by atoms with Gasteiger partial charge in [0.1, 0.15) is 17.5 Å². The van der Waals surface area contributed by atoms with Crippen LogP contribution in [0.25, 0.3) is 10.9 Å². The predicted octanol–water partition coefficient (Wildman–Crippen LogP) is 1.28. The van der Waals surface area contributed by atoms with E-state index in [1.165, 1.54) is 0 Å². The molecule has 1 N–H and O–H groups in total. The molecule has 2 saturated heterocycles. The highest BCUT2D eigenvalue weighted by Gasteiger charge is 2.29. The third-order valence-electron chi connectivity index (χ3n) is 5.68. The Morgan fingerprint density at radius 2 is 2.10 bits per heavy atom. The maximum absolute atomic E-state index is 12.6. The van der Waals surface area contributed by atoms with Crippen LogP contribution in [0.2, 0.25) is 0 Å². The van der Waals surface area contributed by atoms with Crippen LogP contribution in [0.3, 0.4) is 0 Å². The van der Waals surface area contributed by atoms with Crippen LogP contribution in [0.4, 0.5) is 11.5 Å². The number of aromatic amines is 1. The first-order valence-corrected chi connectivity index (χ1v) is 9.77. The predicted molar refractivity (Wildman–Crippen MR) is 108 cm³/mol. The molecule has 2 aliphatic rings. The van der Waals surface area contributed by atoms with Crippen LogP contribution < -0.4 is 15.4 Å². The molecule has 2 aliphatic heterocycles. The molecular formula is C20H21N7O2. The van der Waals surface area contributed by atoms with Crippen LogP contribution >= 0.6 is 0 Å². The van der Waals surface area contributed by atoms with E-state index < -0.39 is 0 Å². The standard InChI is InChI=1S/C20H21N7O2/c21-11-16-19(26-5-2-14(13-26)27-4-1-3-23-27)15-10-18(25-6-8-29-9-7-25)22-12-17(15)24-20(16)28/h1,3-4,10,12,14H,2,5-9,13H2,(H,24,28)/t14-/m1/s1. The molecule has 0 amide bonds. The van der Waals surface area contributed by atoms with Crippen molar-refractivity contribution >= 4 is 22.4 Å². The molecule has 148 valence electrons. The molecule has 0 bridgehead atoms. The molecule has 5 rings (SSSR count). The van der Waals surface area contributed by atoms with Crippen LogP contribution in [0.1, 0.15) is 18.0 Å². The van der Waals surface area contributed by atoms with Gasteiger partial charge >= 0.3 is 0 Å². The van der Waals surface area contributed by atoms with Crippen LogP contribution in [0.15, 0.2) is 35.5 Å². The minimum absolute atomic E-state index is 0.151. The molecule has 0 saturated carbocycles. The second kappa shape index (κ2) is 7.22. The van der Waals surface area contributed by atoms with Crippen molar-refractivity contribution < 1.29 is 4.74 Å². The van der Waals surface area contributed by atoms with Gasteiger partial charge in [0, 0.05) is 44.0 Å². The Bertz CT molecular complexity index is 1130. The van der Waals surface area contributed by atoms with Crippen LogP contribution in [0.5, 0.6) is 0 Å². The smallest absolute Gasteiger partial charge is 0.268 e. The Balaban J connectivity index is 1.60. The van der Waals surface area contributed by atoms with Gasteiger partial charge in [0.25, 0.3) is 5.56 Å². The molecule has 2 fully saturated rings. The molecule has 3 aromatic rings. The van der Waals surface area contributed by atoms with Gasteiger partial charge < -0.3 is 19.5 Å². The topological polar surface area (TPSA) is 103 Å². The number of pyridine rings is 2. The van der Waals surface area contributed by atoms with Crippen molar-refractivity contribution in [3.63, 3.8) is 0 Å². The zero-order valence-electron chi connectivity index (χ0n) is 15.9. The average Bonchev–Trinajstić information content (AvgIpc) is 3.45. The fraction of sp³-hybridized carbons (Fsp3) is 0.400. The number of H-pyrrole nitrogens is 1. The van der Waals surface area contributed by atoms with Crippen LogP contribution in [0, 0.1) is 11.3 Å². The molecule has 0 aliphatic carbocycles. The molecule has 0 unspecified atom stereocenters. The van der Waals surface area contributed by atoms with Gasteiger partial charge in [-0.05, 0) is 18.6 Å². The minimum Gasteiger partial charge on any atom is -0.378 e.